The van der Waals surface area contributed by atoms with Gasteiger partial charge in [0.2, 0.25) is 5.91 Å². The van der Waals surface area contributed by atoms with Crippen LogP contribution in [0, 0.1) is 0 Å². The molecule has 124 valence electrons. The zero-order valence-corrected chi connectivity index (χ0v) is 14.0. The van der Waals surface area contributed by atoms with Crippen LogP contribution in [0.5, 0.6) is 0 Å². The molecule has 0 bridgehead atoms. The number of fused-ring (bicyclic) bond motifs is 1. The topological polar surface area (TPSA) is 51.4 Å². The fourth-order valence-electron chi connectivity index (χ4n) is 3.19. The number of aromatic nitrogens is 1. The monoisotopic (exact) mass is 314 g/mol. The van der Waals surface area contributed by atoms with Crippen molar-refractivity contribution in [2.45, 2.75) is 25.4 Å². The summed E-state index contributed by atoms with van der Waals surface area (Å²) in [6.07, 6.45) is 4.20. The van der Waals surface area contributed by atoms with Crippen molar-refractivity contribution in [2.75, 3.05) is 33.7 Å². The lowest BCUT2D eigenvalue weighted by atomic mass is 10.0. The molecule has 1 aliphatic heterocycles. The summed E-state index contributed by atoms with van der Waals surface area (Å²) in [5, 5.41) is 4.98. The minimum atomic E-state index is 0.190. The quantitative estimate of drug-likeness (QED) is 0.885. The molecule has 1 saturated heterocycles. The van der Waals surface area contributed by atoms with Gasteiger partial charge in [-0.05, 0) is 30.5 Å². The summed E-state index contributed by atoms with van der Waals surface area (Å²) >= 11 is 0. The van der Waals surface area contributed by atoms with E-state index in [1.54, 1.807) is 4.90 Å². The molecule has 1 fully saturated rings. The number of rotatable bonds is 5. The molecular weight excluding hydrogens is 288 g/mol. The van der Waals surface area contributed by atoms with Gasteiger partial charge in [0.15, 0.2) is 0 Å². The van der Waals surface area contributed by atoms with E-state index in [-0.39, 0.29) is 5.91 Å². The van der Waals surface area contributed by atoms with Gasteiger partial charge in [0.25, 0.3) is 0 Å². The Balaban J connectivity index is 1.48. The Hall–Kier alpha value is -1.85. The number of nitrogens with one attached hydrogen (secondary N) is 2. The van der Waals surface area contributed by atoms with E-state index >= 15 is 0 Å². The number of nitrogens with zero attached hydrogens (tertiary/aromatic N) is 2. The van der Waals surface area contributed by atoms with E-state index in [9.17, 15) is 4.79 Å². The molecule has 0 aliphatic carbocycles. The SMILES string of the molecule is CN(C)C(=O)CN1CCC(NCc2cccc3[nH]ccc23)CC1. The third kappa shape index (κ3) is 3.92. The third-order valence-corrected chi connectivity index (χ3v) is 4.71. The Morgan fingerprint density at radius 2 is 2.09 bits per heavy atom. The number of piperidine rings is 1. The van der Waals surface area contributed by atoms with Crippen LogP contribution in [0.3, 0.4) is 0 Å². The average molecular weight is 314 g/mol. The molecule has 1 amide bonds. The van der Waals surface area contributed by atoms with Crippen molar-refractivity contribution in [1.82, 2.24) is 20.1 Å². The van der Waals surface area contributed by atoms with Crippen LogP contribution in [0.15, 0.2) is 30.5 Å². The number of amides is 1. The summed E-state index contributed by atoms with van der Waals surface area (Å²) in [7, 11) is 3.64. The van der Waals surface area contributed by atoms with E-state index in [4.69, 9.17) is 0 Å². The number of likely N-dealkylation sites (tertiary alicyclic amines) is 1. The Morgan fingerprint density at radius 3 is 2.83 bits per heavy atom. The lowest BCUT2D eigenvalue weighted by Gasteiger charge is -2.32. The van der Waals surface area contributed by atoms with Gasteiger partial charge in [-0.2, -0.15) is 0 Å². The molecule has 0 spiro atoms. The first-order chi connectivity index (χ1) is 11.1. The smallest absolute Gasteiger partial charge is 0.236 e. The fourth-order valence-corrected chi connectivity index (χ4v) is 3.19. The predicted molar refractivity (Wildman–Crippen MR) is 93.3 cm³/mol. The van der Waals surface area contributed by atoms with Crippen molar-refractivity contribution < 1.29 is 4.79 Å². The number of hydrogen-bond donors (Lipinski definition) is 2. The number of carbonyl (C=O) groups excluding carboxylic acids is 1. The van der Waals surface area contributed by atoms with Gasteiger partial charge in [-0.25, -0.2) is 0 Å². The van der Waals surface area contributed by atoms with Crippen LogP contribution in [0.1, 0.15) is 18.4 Å². The number of carbonyl (C=O) groups is 1. The van der Waals surface area contributed by atoms with E-state index in [0.29, 0.717) is 12.6 Å². The molecule has 1 aromatic heterocycles. The predicted octanol–water partition coefficient (Wildman–Crippen LogP) is 1.81. The van der Waals surface area contributed by atoms with Crippen LogP contribution in [-0.2, 0) is 11.3 Å². The van der Waals surface area contributed by atoms with Gasteiger partial charge in [-0.15, -0.1) is 0 Å². The standard InChI is InChI=1S/C18H26N4O/c1-21(2)18(23)13-22-10-7-15(8-11-22)20-12-14-4-3-5-17-16(14)6-9-19-17/h3-6,9,15,19-20H,7-8,10-13H2,1-2H3. The van der Waals surface area contributed by atoms with Crippen molar-refractivity contribution in [3.63, 3.8) is 0 Å². The summed E-state index contributed by atoms with van der Waals surface area (Å²) < 4.78 is 0. The number of H-pyrrole nitrogens is 1. The molecule has 0 unspecified atom stereocenters. The van der Waals surface area contributed by atoms with Crippen LogP contribution in [0.4, 0.5) is 0 Å². The Bertz CT molecular complexity index is 656. The van der Waals surface area contributed by atoms with E-state index in [2.05, 4.69) is 39.5 Å². The molecule has 1 aliphatic rings. The molecule has 3 rings (SSSR count). The highest BCUT2D eigenvalue weighted by atomic mass is 16.2. The number of aromatic amines is 1. The van der Waals surface area contributed by atoms with Gasteiger partial charge in [0, 0.05) is 56.9 Å². The molecule has 2 aromatic rings. The molecule has 2 N–H and O–H groups in total. The summed E-state index contributed by atoms with van der Waals surface area (Å²) in [6.45, 7) is 3.43. The van der Waals surface area contributed by atoms with Gasteiger partial charge in [-0.1, -0.05) is 12.1 Å². The fraction of sp³-hybridized carbons (Fsp3) is 0.500. The van der Waals surface area contributed by atoms with E-state index in [1.165, 1.54) is 16.5 Å². The van der Waals surface area contributed by atoms with Crippen molar-refractivity contribution in [1.29, 1.82) is 0 Å². The molecule has 0 radical (unpaired) electrons. The van der Waals surface area contributed by atoms with Crippen LogP contribution in [0.25, 0.3) is 10.9 Å². The van der Waals surface area contributed by atoms with E-state index in [1.807, 2.05) is 20.3 Å². The number of benzene rings is 1. The average Bonchev–Trinajstić information content (AvgIpc) is 3.03. The maximum atomic E-state index is 11.8. The van der Waals surface area contributed by atoms with Gasteiger partial charge in [0.05, 0.1) is 6.54 Å². The second-order valence-corrected chi connectivity index (χ2v) is 6.58. The Morgan fingerprint density at radius 1 is 1.30 bits per heavy atom. The number of hydrogen-bond acceptors (Lipinski definition) is 3. The lowest BCUT2D eigenvalue weighted by molar-refractivity contribution is -0.130. The van der Waals surface area contributed by atoms with Gasteiger partial charge < -0.3 is 15.2 Å². The van der Waals surface area contributed by atoms with Gasteiger partial charge in [0.1, 0.15) is 0 Å². The van der Waals surface area contributed by atoms with Gasteiger partial charge >= 0.3 is 0 Å². The minimum absolute atomic E-state index is 0.190. The molecule has 0 atom stereocenters. The maximum Gasteiger partial charge on any atom is 0.236 e. The highest BCUT2D eigenvalue weighted by Gasteiger charge is 2.21. The van der Waals surface area contributed by atoms with Crippen molar-refractivity contribution in [3.8, 4) is 0 Å². The van der Waals surface area contributed by atoms with Crippen molar-refractivity contribution in [3.05, 3.63) is 36.0 Å². The summed E-state index contributed by atoms with van der Waals surface area (Å²) in [6, 6.07) is 9.08. The zero-order valence-electron chi connectivity index (χ0n) is 14.0. The lowest BCUT2D eigenvalue weighted by Crippen LogP contribution is -2.45. The largest absolute Gasteiger partial charge is 0.361 e. The first-order valence-corrected chi connectivity index (χ1v) is 8.34. The molecule has 23 heavy (non-hydrogen) atoms. The highest BCUT2D eigenvalue weighted by Crippen LogP contribution is 2.18. The normalized spacial score (nSPS) is 16.8. The minimum Gasteiger partial charge on any atom is -0.361 e. The van der Waals surface area contributed by atoms with Crippen LogP contribution in [-0.4, -0.2) is 60.5 Å². The Labute approximate surface area is 137 Å². The Kier molecular flexibility index (Phi) is 4.98. The summed E-state index contributed by atoms with van der Waals surface area (Å²) in [5.74, 6) is 0.190. The van der Waals surface area contributed by atoms with Gasteiger partial charge in [-0.3, -0.25) is 9.69 Å². The first kappa shape index (κ1) is 16.0. The summed E-state index contributed by atoms with van der Waals surface area (Å²) in [4.78, 5) is 19.0. The van der Waals surface area contributed by atoms with Crippen LogP contribution >= 0.6 is 0 Å². The van der Waals surface area contributed by atoms with Crippen LogP contribution in [0.2, 0.25) is 0 Å². The van der Waals surface area contributed by atoms with Crippen molar-refractivity contribution >= 4 is 16.8 Å². The first-order valence-electron chi connectivity index (χ1n) is 8.34. The molecule has 1 aromatic carbocycles. The van der Waals surface area contributed by atoms with Crippen LogP contribution < -0.4 is 5.32 Å². The molecule has 2 heterocycles. The van der Waals surface area contributed by atoms with E-state index in [0.717, 1.165) is 32.5 Å². The summed E-state index contributed by atoms with van der Waals surface area (Å²) in [5.41, 5.74) is 2.54. The maximum absolute atomic E-state index is 11.8. The molecule has 0 saturated carbocycles. The number of likely N-dealkylation sites (N-methyl/N-ethyl adjacent to an activating group) is 1. The zero-order chi connectivity index (χ0) is 16.2. The third-order valence-electron chi connectivity index (χ3n) is 4.71. The second-order valence-electron chi connectivity index (χ2n) is 6.58. The second kappa shape index (κ2) is 7.15. The molecule has 5 heteroatoms. The van der Waals surface area contributed by atoms with Crippen molar-refractivity contribution in [2.24, 2.45) is 0 Å². The molecular formula is C18H26N4O. The highest BCUT2D eigenvalue weighted by molar-refractivity contribution is 5.82. The molecule has 5 nitrogen and oxygen atoms in total. The van der Waals surface area contributed by atoms with E-state index < -0.39 is 0 Å².